The van der Waals surface area contributed by atoms with E-state index in [4.69, 9.17) is 21.1 Å². The summed E-state index contributed by atoms with van der Waals surface area (Å²) in [5, 5.41) is 7.41. The Morgan fingerprint density at radius 3 is 2.62 bits per heavy atom. The fourth-order valence-electron chi connectivity index (χ4n) is 2.47. The Morgan fingerprint density at radius 1 is 1.14 bits per heavy atom. The van der Waals surface area contributed by atoms with E-state index in [1.165, 1.54) is 21.3 Å². The number of hydrogen-bond donors (Lipinski definition) is 1. The fourth-order valence-corrected chi connectivity index (χ4v) is 2.64. The lowest BCUT2D eigenvalue weighted by Crippen LogP contribution is -2.15. The van der Waals surface area contributed by atoms with E-state index in [2.05, 4.69) is 20.1 Å². The van der Waals surface area contributed by atoms with E-state index in [1.54, 1.807) is 41.0 Å². The molecule has 0 fully saturated rings. The van der Waals surface area contributed by atoms with E-state index < -0.39 is 11.9 Å². The van der Waals surface area contributed by atoms with Crippen molar-refractivity contribution < 1.29 is 23.8 Å². The number of fused-ring (bicyclic) bond motifs is 1. The normalized spacial score (nSPS) is 11.2. The lowest BCUT2D eigenvalue weighted by Gasteiger charge is -2.11. The average molecular weight is 417 g/mol. The standard InChI is InChI=1S/C19H17ClN4O5/c1-27-17-7-6-16-22-15(10-24(16)23-17)11-4-5-12(20)13(8-11)21-14(19(26)29-3)9-18(25)28-2/h4-10,21H,1-3H3/b14-9+. The van der Waals surface area contributed by atoms with Gasteiger partial charge < -0.3 is 19.5 Å². The van der Waals surface area contributed by atoms with Crippen LogP contribution in [0.2, 0.25) is 5.02 Å². The Kier molecular flexibility index (Phi) is 5.99. The summed E-state index contributed by atoms with van der Waals surface area (Å²) in [7, 11) is 3.93. The number of nitrogens with one attached hydrogen (secondary N) is 1. The highest BCUT2D eigenvalue weighted by Crippen LogP contribution is 2.30. The number of aromatic nitrogens is 3. The topological polar surface area (TPSA) is 104 Å². The third-order valence-corrected chi connectivity index (χ3v) is 4.23. The third kappa shape index (κ3) is 4.46. The summed E-state index contributed by atoms with van der Waals surface area (Å²) in [6, 6.07) is 8.59. The van der Waals surface area contributed by atoms with Crippen molar-refractivity contribution in [2.24, 2.45) is 0 Å². The lowest BCUT2D eigenvalue weighted by atomic mass is 10.1. The van der Waals surface area contributed by atoms with Gasteiger partial charge >= 0.3 is 11.9 Å². The number of benzene rings is 1. The number of nitrogens with zero attached hydrogens (tertiary/aromatic N) is 3. The van der Waals surface area contributed by atoms with Crippen molar-refractivity contribution in [3.8, 4) is 17.1 Å². The van der Waals surface area contributed by atoms with E-state index >= 15 is 0 Å². The van der Waals surface area contributed by atoms with Crippen LogP contribution in [0.1, 0.15) is 0 Å². The fraction of sp³-hybridized carbons (Fsp3) is 0.158. The van der Waals surface area contributed by atoms with Gasteiger partial charge in [-0.1, -0.05) is 17.7 Å². The molecule has 0 unspecified atom stereocenters. The van der Waals surface area contributed by atoms with E-state index in [0.717, 1.165) is 6.08 Å². The quantitative estimate of drug-likeness (QED) is 0.483. The summed E-state index contributed by atoms with van der Waals surface area (Å²) in [4.78, 5) is 28.0. The molecule has 0 aliphatic heterocycles. The molecular weight excluding hydrogens is 400 g/mol. The molecule has 0 saturated heterocycles. The first-order chi connectivity index (χ1) is 13.9. The average Bonchev–Trinajstić information content (AvgIpc) is 3.17. The molecule has 0 saturated carbocycles. The van der Waals surface area contributed by atoms with Crippen molar-refractivity contribution in [1.82, 2.24) is 14.6 Å². The molecular formula is C19H17ClN4O5. The largest absolute Gasteiger partial charge is 0.480 e. The molecule has 3 aromatic rings. The number of methoxy groups -OCH3 is 3. The van der Waals surface area contributed by atoms with Crippen molar-refractivity contribution in [2.75, 3.05) is 26.6 Å². The van der Waals surface area contributed by atoms with Crippen LogP contribution in [0.25, 0.3) is 16.9 Å². The van der Waals surface area contributed by atoms with Gasteiger partial charge in [0.1, 0.15) is 5.70 Å². The van der Waals surface area contributed by atoms with Crippen LogP contribution in [0.4, 0.5) is 5.69 Å². The van der Waals surface area contributed by atoms with Crippen molar-refractivity contribution in [3.05, 3.63) is 53.3 Å². The molecule has 0 atom stereocenters. The first kappa shape index (κ1) is 20.2. The minimum Gasteiger partial charge on any atom is -0.480 e. The number of esters is 2. The summed E-state index contributed by atoms with van der Waals surface area (Å²) >= 11 is 6.25. The number of carbonyl (C=O) groups excluding carboxylic acids is 2. The smallest absolute Gasteiger partial charge is 0.354 e. The van der Waals surface area contributed by atoms with Crippen LogP contribution in [0, 0.1) is 0 Å². The van der Waals surface area contributed by atoms with Gasteiger partial charge in [0.15, 0.2) is 5.65 Å². The summed E-state index contributed by atoms with van der Waals surface area (Å²) in [5.41, 5.74) is 2.23. The molecule has 0 spiro atoms. The molecule has 1 aromatic carbocycles. The van der Waals surface area contributed by atoms with Crippen molar-refractivity contribution in [1.29, 1.82) is 0 Å². The van der Waals surface area contributed by atoms with Gasteiger partial charge in [0, 0.05) is 11.6 Å². The molecule has 0 aliphatic rings. The highest BCUT2D eigenvalue weighted by molar-refractivity contribution is 6.33. The predicted octanol–water partition coefficient (Wildman–Crippen LogP) is 2.70. The Balaban J connectivity index is 1.98. The number of hydrogen-bond acceptors (Lipinski definition) is 8. The van der Waals surface area contributed by atoms with Gasteiger partial charge in [-0.05, 0) is 18.2 Å². The summed E-state index contributed by atoms with van der Waals surface area (Å²) < 4.78 is 16.0. The second kappa shape index (κ2) is 8.61. The number of carbonyl (C=O) groups is 2. The Bertz CT molecular complexity index is 1110. The summed E-state index contributed by atoms with van der Waals surface area (Å²) in [6.45, 7) is 0. The maximum Gasteiger partial charge on any atom is 0.354 e. The van der Waals surface area contributed by atoms with Crippen molar-refractivity contribution >= 4 is 34.9 Å². The zero-order chi connectivity index (χ0) is 21.0. The van der Waals surface area contributed by atoms with Crippen LogP contribution < -0.4 is 10.1 Å². The number of imidazole rings is 1. The molecule has 29 heavy (non-hydrogen) atoms. The Morgan fingerprint density at radius 2 is 1.93 bits per heavy atom. The van der Waals surface area contributed by atoms with Gasteiger partial charge in [0.2, 0.25) is 5.88 Å². The molecule has 0 aliphatic carbocycles. The van der Waals surface area contributed by atoms with Gasteiger partial charge in [-0.2, -0.15) is 0 Å². The zero-order valence-corrected chi connectivity index (χ0v) is 16.6. The zero-order valence-electron chi connectivity index (χ0n) is 15.8. The monoisotopic (exact) mass is 416 g/mol. The van der Waals surface area contributed by atoms with Gasteiger partial charge in [-0.25, -0.2) is 19.1 Å². The predicted molar refractivity (Wildman–Crippen MR) is 106 cm³/mol. The number of rotatable bonds is 6. The van der Waals surface area contributed by atoms with Crippen LogP contribution in [0.15, 0.2) is 48.3 Å². The summed E-state index contributed by atoms with van der Waals surface area (Å²) in [5.74, 6) is -1.01. The van der Waals surface area contributed by atoms with Crippen LogP contribution in [0.3, 0.4) is 0 Å². The highest BCUT2D eigenvalue weighted by Gasteiger charge is 2.16. The second-order valence-electron chi connectivity index (χ2n) is 5.70. The van der Waals surface area contributed by atoms with E-state index in [-0.39, 0.29) is 5.70 Å². The Hall–Kier alpha value is -3.59. The van der Waals surface area contributed by atoms with E-state index in [9.17, 15) is 9.59 Å². The first-order valence-corrected chi connectivity index (χ1v) is 8.68. The van der Waals surface area contributed by atoms with E-state index in [0.29, 0.717) is 33.5 Å². The van der Waals surface area contributed by atoms with Crippen molar-refractivity contribution in [2.45, 2.75) is 0 Å². The highest BCUT2D eigenvalue weighted by atomic mass is 35.5. The molecule has 1 N–H and O–H groups in total. The molecule has 2 aromatic heterocycles. The van der Waals surface area contributed by atoms with Crippen LogP contribution in [0.5, 0.6) is 5.88 Å². The number of anilines is 1. The molecule has 0 bridgehead atoms. The molecule has 0 amide bonds. The van der Waals surface area contributed by atoms with Gasteiger partial charge in [-0.15, -0.1) is 5.10 Å². The van der Waals surface area contributed by atoms with Gasteiger partial charge in [0.25, 0.3) is 0 Å². The number of ether oxygens (including phenoxy) is 3. The Labute approximate surface area is 170 Å². The molecule has 3 rings (SSSR count). The molecule has 9 nitrogen and oxygen atoms in total. The molecule has 10 heteroatoms. The number of halogens is 1. The third-order valence-electron chi connectivity index (χ3n) is 3.90. The van der Waals surface area contributed by atoms with Gasteiger partial charge in [-0.3, -0.25) is 0 Å². The first-order valence-electron chi connectivity index (χ1n) is 8.30. The minimum absolute atomic E-state index is 0.125. The van der Waals surface area contributed by atoms with Crippen LogP contribution >= 0.6 is 11.6 Å². The summed E-state index contributed by atoms with van der Waals surface area (Å²) in [6.07, 6.45) is 2.71. The van der Waals surface area contributed by atoms with E-state index in [1.807, 2.05) is 0 Å². The van der Waals surface area contributed by atoms with Gasteiger partial charge in [0.05, 0.1) is 50.0 Å². The maximum absolute atomic E-state index is 12.0. The molecule has 0 radical (unpaired) electrons. The lowest BCUT2D eigenvalue weighted by molar-refractivity contribution is -0.138. The van der Waals surface area contributed by atoms with Crippen molar-refractivity contribution in [3.63, 3.8) is 0 Å². The maximum atomic E-state index is 12.0. The second-order valence-corrected chi connectivity index (χ2v) is 6.10. The van der Waals surface area contributed by atoms with Crippen LogP contribution in [-0.2, 0) is 19.1 Å². The molecule has 2 heterocycles. The molecule has 150 valence electrons. The van der Waals surface area contributed by atoms with Crippen LogP contribution in [-0.4, -0.2) is 47.9 Å². The minimum atomic E-state index is -0.749. The SMILES string of the molecule is COC(=O)/C=C(/Nc1cc(-c2cn3nc(OC)ccc3n2)ccc1Cl)C(=O)OC.